The zero-order valence-corrected chi connectivity index (χ0v) is 12.0. The largest absolute Gasteiger partial charge is 0.445 e. The van der Waals surface area contributed by atoms with E-state index in [1.807, 2.05) is 0 Å². The molecule has 19 heavy (non-hydrogen) atoms. The van der Waals surface area contributed by atoms with E-state index in [1.165, 1.54) is 0 Å². The fourth-order valence-electron chi connectivity index (χ4n) is 1.17. The van der Waals surface area contributed by atoms with Gasteiger partial charge in [0.15, 0.2) is 0 Å². The number of ether oxygens (including phenoxy) is 1. The lowest BCUT2D eigenvalue weighted by molar-refractivity contribution is 0.154. The SMILES string of the molecule is N=C(NC(=O)OCC(Cl)(Cl)Cl)c1ccc(CN)cc1. The number of rotatable bonds is 3. The van der Waals surface area contributed by atoms with Crippen molar-refractivity contribution in [3.8, 4) is 0 Å². The summed E-state index contributed by atoms with van der Waals surface area (Å²) in [4.78, 5) is 11.3. The van der Waals surface area contributed by atoms with Gasteiger partial charge in [-0.3, -0.25) is 10.7 Å². The molecule has 0 atom stereocenters. The Bertz CT molecular complexity index is 457. The van der Waals surface area contributed by atoms with Crippen molar-refractivity contribution in [3.05, 3.63) is 35.4 Å². The number of alkyl halides is 3. The van der Waals surface area contributed by atoms with Crippen molar-refractivity contribution >= 4 is 46.7 Å². The average Bonchev–Trinajstić information content (AvgIpc) is 2.35. The van der Waals surface area contributed by atoms with Gasteiger partial charge in [-0.1, -0.05) is 59.1 Å². The third-order valence-electron chi connectivity index (χ3n) is 2.07. The highest BCUT2D eigenvalue weighted by Gasteiger charge is 2.22. The molecule has 0 aliphatic carbocycles. The third kappa shape index (κ3) is 6.11. The van der Waals surface area contributed by atoms with Crippen LogP contribution in [0.2, 0.25) is 0 Å². The molecule has 1 rings (SSSR count). The summed E-state index contributed by atoms with van der Waals surface area (Å²) in [6, 6.07) is 6.86. The van der Waals surface area contributed by atoms with Crippen LogP contribution in [-0.2, 0) is 11.3 Å². The minimum Gasteiger partial charge on any atom is -0.445 e. The maximum Gasteiger partial charge on any atom is 0.412 e. The summed E-state index contributed by atoms with van der Waals surface area (Å²) in [7, 11) is 0. The van der Waals surface area contributed by atoms with Crippen LogP contribution in [0.3, 0.4) is 0 Å². The van der Waals surface area contributed by atoms with Crippen LogP contribution in [-0.4, -0.2) is 22.3 Å². The zero-order chi connectivity index (χ0) is 14.5. The number of carbonyl (C=O) groups excluding carboxylic acids is 1. The molecular weight excluding hydrogens is 312 g/mol. The summed E-state index contributed by atoms with van der Waals surface area (Å²) < 4.78 is 2.96. The van der Waals surface area contributed by atoms with Crippen LogP contribution in [0.15, 0.2) is 24.3 Å². The van der Waals surface area contributed by atoms with Crippen molar-refractivity contribution in [2.45, 2.75) is 10.3 Å². The highest BCUT2D eigenvalue weighted by molar-refractivity contribution is 6.67. The Hall–Kier alpha value is -1.01. The number of amidine groups is 1. The summed E-state index contributed by atoms with van der Waals surface area (Å²) in [6.45, 7) is 0.00915. The monoisotopic (exact) mass is 323 g/mol. The predicted molar refractivity (Wildman–Crippen MR) is 75.9 cm³/mol. The minimum atomic E-state index is -1.68. The van der Waals surface area contributed by atoms with E-state index >= 15 is 0 Å². The van der Waals surface area contributed by atoms with Gasteiger partial charge in [0.25, 0.3) is 0 Å². The Morgan fingerprint density at radius 2 is 1.89 bits per heavy atom. The van der Waals surface area contributed by atoms with E-state index in [4.69, 9.17) is 45.9 Å². The Labute approximate surface area is 125 Å². The van der Waals surface area contributed by atoms with Gasteiger partial charge >= 0.3 is 6.09 Å². The van der Waals surface area contributed by atoms with Crippen molar-refractivity contribution in [1.29, 1.82) is 5.41 Å². The number of halogens is 3. The van der Waals surface area contributed by atoms with Crippen molar-refractivity contribution in [3.63, 3.8) is 0 Å². The van der Waals surface area contributed by atoms with E-state index in [2.05, 4.69) is 10.1 Å². The molecule has 0 heterocycles. The molecule has 0 saturated heterocycles. The van der Waals surface area contributed by atoms with Gasteiger partial charge in [-0.2, -0.15) is 0 Å². The number of nitrogens with two attached hydrogens (primary N) is 1. The highest BCUT2D eigenvalue weighted by atomic mass is 35.6. The van der Waals surface area contributed by atoms with Crippen molar-refractivity contribution in [2.24, 2.45) is 5.73 Å². The first-order valence-corrected chi connectivity index (χ1v) is 6.33. The minimum absolute atomic E-state index is 0.113. The number of nitrogens with one attached hydrogen (secondary N) is 2. The first-order valence-electron chi connectivity index (χ1n) is 5.20. The maximum absolute atomic E-state index is 11.3. The van der Waals surface area contributed by atoms with E-state index in [0.717, 1.165) is 5.56 Å². The molecule has 0 spiro atoms. The average molecular weight is 325 g/mol. The Morgan fingerprint density at radius 3 is 2.37 bits per heavy atom. The first kappa shape index (κ1) is 16.0. The summed E-state index contributed by atoms with van der Waals surface area (Å²) >= 11 is 16.3. The maximum atomic E-state index is 11.3. The molecule has 0 unspecified atom stereocenters. The van der Waals surface area contributed by atoms with Crippen LogP contribution >= 0.6 is 34.8 Å². The second kappa shape index (κ2) is 6.96. The van der Waals surface area contributed by atoms with E-state index in [-0.39, 0.29) is 5.84 Å². The van der Waals surface area contributed by atoms with Crippen LogP contribution in [0.25, 0.3) is 0 Å². The second-order valence-corrected chi connectivity index (χ2v) is 6.11. The normalized spacial score (nSPS) is 10.9. The smallest absolute Gasteiger partial charge is 0.412 e. The molecule has 0 aromatic heterocycles. The fourth-order valence-corrected chi connectivity index (χ4v) is 1.33. The number of hydrogen-bond donors (Lipinski definition) is 3. The van der Waals surface area contributed by atoms with Gasteiger partial charge in [0, 0.05) is 12.1 Å². The van der Waals surface area contributed by atoms with E-state index in [9.17, 15) is 4.79 Å². The summed E-state index contributed by atoms with van der Waals surface area (Å²) in [5.74, 6) is -0.113. The number of alkyl carbamates (subject to hydrolysis) is 1. The lowest BCUT2D eigenvalue weighted by Gasteiger charge is -2.12. The molecule has 0 aliphatic heterocycles. The van der Waals surface area contributed by atoms with Gasteiger partial charge in [0.05, 0.1) is 0 Å². The number of benzene rings is 1. The number of carbonyl (C=O) groups is 1. The molecule has 8 heteroatoms. The van der Waals surface area contributed by atoms with Crippen LogP contribution in [0, 0.1) is 5.41 Å². The Kier molecular flexibility index (Phi) is 5.87. The van der Waals surface area contributed by atoms with Gasteiger partial charge in [0.1, 0.15) is 12.4 Å². The van der Waals surface area contributed by atoms with Crippen LogP contribution in [0.4, 0.5) is 4.79 Å². The summed E-state index contributed by atoms with van der Waals surface area (Å²) in [5.41, 5.74) is 6.90. The van der Waals surface area contributed by atoms with Gasteiger partial charge in [-0.05, 0) is 5.56 Å². The van der Waals surface area contributed by atoms with Crippen molar-refractivity contribution in [1.82, 2.24) is 5.32 Å². The molecule has 0 saturated carbocycles. The van der Waals surface area contributed by atoms with Crippen LogP contribution in [0.1, 0.15) is 11.1 Å². The van der Waals surface area contributed by atoms with Crippen LogP contribution < -0.4 is 11.1 Å². The predicted octanol–water partition coefficient (Wildman–Crippen LogP) is 2.57. The summed E-state index contributed by atoms with van der Waals surface area (Å²) in [5, 5.41) is 9.90. The topological polar surface area (TPSA) is 88.2 Å². The molecule has 5 nitrogen and oxygen atoms in total. The lowest BCUT2D eigenvalue weighted by atomic mass is 10.1. The lowest BCUT2D eigenvalue weighted by Crippen LogP contribution is -2.33. The van der Waals surface area contributed by atoms with E-state index < -0.39 is 16.5 Å². The van der Waals surface area contributed by atoms with Crippen LogP contribution in [0.5, 0.6) is 0 Å². The summed E-state index contributed by atoms with van der Waals surface area (Å²) in [6.07, 6.45) is -0.862. The molecule has 0 aliphatic rings. The molecule has 0 fully saturated rings. The Balaban J connectivity index is 2.52. The molecule has 0 radical (unpaired) electrons. The zero-order valence-electron chi connectivity index (χ0n) is 9.75. The van der Waals surface area contributed by atoms with Crippen molar-refractivity contribution < 1.29 is 9.53 Å². The molecular formula is C11H12Cl3N3O2. The highest BCUT2D eigenvalue weighted by Crippen LogP contribution is 2.25. The van der Waals surface area contributed by atoms with Gasteiger partial charge in [0.2, 0.25) is 3.79 Å². The molecule has 1 aromatic rings. The van der Waals surface area contributed by atoms with Gasteiger partial charge in [-0.25, -0.2) is 4.79 Å². The van der Waals surface area contributed by atoms with E-state index in [0.29, 0.717) is 12.1 Å². The fraction of sp³-hybridized carbons (Fsp3) is 0.273. The second-order valence-electron chi connectivity index (χ2n) is 3.59. The van der Waals surface area contributed by atoms with Gasteiger partial charge in [-0.15, -0.1) is 0 Å². The molecule has 4 N–H and O–H groups in total. The Morgan fingerprint density at radius 1 is 1.32 bits per heavy atom. The quantitative estimate of drug-likeness (QED) is 0.453. The standard InChI is InChI=1S/C11H12Cl3N3O2/c12-11(13,14)6-19-10(18)17-9(16)8-3-1-7(5-15)2-4-8/h1-4H,5-6,15H2,(H2,16,17,18). The number of hydrogen-bond acceptors (Lipinski definition) is 4. The first-order chi connectivity index (χ1) is 8.81. The van der Waals surface area contributed by atoms with Gasteiger partial charge < -0.3 is 10.5 Å². The number of amides is 1. The third-order valence-corrected chi connectivity index (χ3v) is 2.40. The van der Waals surface area contributed by atoms with E-state index in [1.54, 1.807) is 24.3 Å². The van der Waals surface area contributed by atoms with Crippen molar-refractivity contribution in [2.75, 3.05) is 6.61 Å². The molecule has 1 amide bonds. The molecule has 0 bridgehead atoms. The molecule has 1 aromatic carbocycles. The molecule has 104 valence electrons.